The van der Waals surface area contributed by atoms with Crippen molar-refractivity contribution in [3.8, 4) is 0 Å². The molecule has 2 aliphatic rings. The summed E-state index contributed by atoms with van der Waals surface area (Å²) >= 11 is 0. The van der Waals surface area contributed by atoms with Crippen LogP contribution >= 0.6 is 10.8 Å². The van der Waals surface area contributed by atoms with Crippen molar-refractivity contribution in [2.24, 2.45) is 10.3 Å². The third-order valence-electron chi connectivity index (χ3n) is 6.25. The Morgan fingerprint density at radius 1 is 1.19 bits per heavy atom. The van der Waals surface area contributed by atoms with Gasteiger partial charge in [-0.2, -0.15) is 0 Å². The zero-order valence-corrected chi connectivity index (χ0v) is 24.5. The van der Waals surface area contributed by atoms with Gasteiger partial charge in [0, 0.05) is 5.56 Å². The molecule has 36 heavy (non-hydrogen) atoms. The summed E-state index contributed by atoms with van der Waals surface area (Å²) in [5, 5.41) is 14.1. The van der Waals surface area contributed by atoms with Crippen molar-refractivity contribution in [3.63, 3.8) is 0 Å². The smallest absolute Gasteiger partial charge is 1.00 e. The first kappa shape index (κ1) is 28.7. The number of nitrogens with zero attached hydrogens (tertiary/aromatic N) is 1. The summed E-state index contributed by atoms with van der Waals surface area (Å²) in [6.07, 6.45) is 2.30. The van der Waals surface area contributed by atoms with Crippen molar-refractivity contribution >= 4 is 49.6 Å². The van der Waals surface area contributed by atoms with Crippen LogP contribution in [0.25, 0.3) is 5.76 Å². The Morgan fingerprint density at radius 2 is 1.86 bits per heavy atom. The molecule has 12 heteroatoms. The number of anilines is 2. The zero-order chi connectivity index (χ0) is 25.8. The molecular formula is C24H30N3NaO6S2. The molecule has 0 amide bonds. The Labute approximate surface area is 236 Å². The number of hydrogen-bond acceptors (Lipinski definition) is 8. The van der Waals surface area contributed by atoms with Crippen molar-refractivity contribution in [3.05, 3.63) is 59.2 Å². The number of nitrogens with one attached hydrogen (secondary N) is 2. The molecule has 0 fully saturated rings. The molecule has 4 rings (SSSR count). The summed E-state index contributed by atoms with van der Waals surface area (Å²) in [5.74, 6) is -0.440. The van der Waals surface area contributed by atoms with Gasteiger partial charge in [-0.05, 0) is 49.4 Å². The summed E-state index contributed by atoms with van der Waals surface area (Å²) in [4.78, 5) is 13.9. The molecule has 0 bridgehead atoms. The second kappa shape index (κ2) is 10.1. The first-order valence-corrected chi connectivity index (χ1v) is 14.5. The average Bonchev–Trinajstić information content (AvgIpc) is 2.76. The van der Waals surface area contributed by atoms with Crippen LogP contribution in [0.15, 0.2) is 57.3 Å². The van der Waals surface area contributed by atoms with Crippen LogP contribution in [0.1, 0.15) is 46.2 Å². The molecule has 0 radical (unpaired) electrons. The number of carbonyl (C=O) groups excluding carboxylic acids is 1. The van der Waals surface area contributed by atoms with E-state index in [0.29, 0.717) is 23.5 Å². The van der Waals surface area contributed by atoms with Crippen molar-refractivity contribution < 1.29 is 58.4 Å². The van der Waals surface area contributed by atoms with Gasteiger partial charge in [0.05, 0.1) is 23.0 Å². The Hall–Kier alpha value is -1.86. The standard InChI is InChI=1S/C24H29N3O6S2.Na.H/c1-14(2)11-12-24(3)17-8-6-5-7-16(17)21(28)20(22(24)29)23-25-18-10-9-15(26-34(4,30)31)13-19(18)35(32,33)27-23;;/h5-10,13-14,26,28,32-33H,11-12H2,1-4H3,(H,25,27);;/q;+1;-1. The van der Waals surface area contributed by atoms with E-state index in [0.717, 1.165) is 12.7 Å². The molecule has 1 unspecified atom stereocenters. The van der Waals surface area contributed by atoms with Gasteiger partial charge in [0.2, 0.25) is 10.0 Å². The van der Waals surface area contributed by atoms with Crippen molar-refractivity contribution in [1.82, 2.24) is 0 Å². The fourth-order valence-corrected chi connectivity index (χ4v) is 6.17. The van der Waals surface area contributed by atoms with Gasteiger partial charge in [-0.15, -0.1) is 4.40 Å². The first-order chi connectivity index (χ1) is 16.2. The van der Waals surface area contributed by atoms with E-state index in [-0.39, 0.29) is 70.2 Å². The molecular weight excluding hydrogens is 513 g/mol. The van der Waals surface area contributed by atoms with Crippen LogP contribution in [-0.4, -0.2) is 40.5 Å². The minimum Gasteiger partial charge on any atom is -1.00 e. The van der Waals surface area contributed by atoms with Crippen LogP contribution in [0.3, 0.4) is 0 Å². The number of fused-ring (bicyclic) bond motifs is 2. The van der Waals surface area contributed by atoms with E-state index in [2.05, 4.69) is 28.3 Å². The number of rotatable bonds is 6. The van der Waals surface area contributed by atoms with E-state index < -0.39 is 26.2 Å². The molecule has 2 aromatic rings. The largest absolute Gasteiger partial charge is 1.00 e. The van der Waals surface area contributed by atoms with Crippen LogP contribution < -0.4 is 39.6 Å². The van der Waals surface area contributed by atoms with Gasteiger partial charge in [-0.25, -0.2) is 8.42 Å². The number of hydrogen-bond donors (Lipinski definition) is 5. The normalized spacial score (nSPS) is 21.5. The summed E-state index contributed by atoms with van der Waals surface area (Å²) < 4.78 is 51.2. The maximum absolute atomic E-state index is 13.9. The summed E-state index contributed by atoms with van der Waals surface area (Å²) in [6.45, 7) is 5.98. The van der Waals surface area contributed by atoms with Crippen LogP contribution in [0.5, 0.6) is 0 Å². The molecule has 0 spiro atoms. The maximum atomic E-state index is 13.9. The van der Waals surface area contributed by atoms with Crippen LogP contribution in [0, 0.1) is 5.92 Å². The topological polar surface area (TPSA) is 148 Å². The fourth-order valence-electron chi connectivity index (χ4n) is 4.42. The Bertz CT molecular complexity index is 1390. The number of aliphatic hydroxyl groups excluding tert-OH is 1. The van der Waals surface area contributed by atoms with Crippen LogP contribution in [0.4, 0.5) is 11.4 Å². The van der Waals surface area contributed by atoms with Gasteiger partial charge >= 0.3 is 29.6 Å². The number of carbonyl (C=O) groups is 1. The predicted octanol–water partition coefficient (Wildman–Crippen LogP) is 2.27. The number of sulfonamides is 1. The number of benzene rings is 2. The molecule has 1 atom stereocenters. The second-order valence-electron chi connectivity index (χ2n) is 9.53. The molecule has 1 aliphatic heterocycles. The SMILES string of the molecule is CC(C)CCC1(C)C(=O)C(C2=NS(O)(O)c3cc(NS(C)(=O)=O)ccc3N2)=C(O)c2ccccc21.[H-].[Na+]. The van der Waals surface area contributed by atoms with E-state index in [1.807, 2.05) is 19.1 Å². The van der Waals surface area contributed by atoms with E-state index in [4.69, 9.17) is 0 Å². The molecule has 0 saturated heterocycles. The molecule has 9 nitrogen and oxygen atoms in total. The minimum atomic E-state index is -3.81. The van der Waals surface area contributed by atoms with Crippen molar-refractivity contribution in [2.75, 3.05) is 16.3 Å². The zero-order valence-electron chi connectivity index (χ0n) is 21.9. The predicted molar refractivity (Wildman–Crippen MR) is 141 cm³/mol. The van der Waals surface area contributed by atoms with Crippen molar-refractivity contribution in [1.29, 1.82) is 0 Å². The monoisotopic (exact) mass is 543 g/mol. The molecule has 0 aromatic heterocycles. The Balaban J connectivity index is 0.00000241. The first-order valence-electron chi connectivity index (χ1n) is 11.1. The summed E-state index contributed by atoms with van der Waals surface area (Å²) in [5.41, 5.74) is 0.528. The Kier molecular flexibility index (Phi) is 8.08. The van der Waals surface area contributed by atoms with Gasteiger partial charge in [0.15, 0.2) is 11.6 Å². The minimum absolute atomic E-state index is 0. The molecule has 1 aliphatic carbocycles. The molecule has 190 valence electrons. The summed E-state index contributed by atoms with van der Waals surface area (Å²) in [6, 6.07) is 11.3. The van der Waals surface area contributed by atoms with Gasteiger partial charge in [0.1, 0.15) is 16.2 Å². The third kappa shape index (κ3) is 5.38. The molecule has 0 saturated carbocycles. The number of amidine groups is 1. The second-order valence-corrected chi connectivity index (χ2v) is 12.9. The van der Waals surface area contributed by atoms with E-state index in [9.17, 15) is 27.4 Å². The number of Topliss-reactive ketones (excluding diaryl/α,β-unsaturated/α-hetero) is 1. The number of aliphatic hydroxyl groups is 1. The molecule has 1 heterocycles. The van der Waals surface area contributed by atoms with Crippen LogP contribution in [0.2, 0.25) is 0 Å². The third-order valence-corrected chi connectivity index (χ3v) is 8.22. The van der Waals surface area contributed by atoms with Gasteiger partial charge in [0.25, 0.3) is 0 Å². The number of ketones is 1. The fraction of sp³-hybridized carbons (Fsp3) is 0.333. The van der Waals surface area contributed by atoms with Gasteiger partial charge in [-0.1, -0.05) is 48.9 Å². The van der Waals surface area contributed by atoms with Crippen LogP contribution in [-0.2, 0) is 20.2 Å². The van der Waals surface area contributed by atoms with E-state index in [1.165, 1.54) is 18.2 Å². The quantitative estimate of drug-likeness (QED) is 0.351. The molecule has 2 aromatic carbocycles. The molecule has 5 N–H and O–H groups in total. The van der Waals surface area contributed by atoms with Crippen molar-refractivity contribution in [2.45, 2.75) is 43.9 Å². The Morgan fingerprint density at radius 3 is 2.50 bits per heavy atom. The van der Waals surface area contributed by atoms with E-state index in [1.54, 1.807) is 12.1 Å². The van der Waals surface area contributed by atoms with Gasteiger partial charge < -0.3 is 11.8 Å². The van der Waals surface area contributed by atoms with E-state index >= 15 is 0 Å². The van der Waals surface area contributed by atoms with Gasteiger partial charge in [-0.3, -0.25) is 18.6 Å². The maximum Gasteiger partial charge on any atom is 1.00 e. The average molecular weight is 544 g/mol. The summed E-state index contributed by atoms with van der Waals surface area (Å²) in [7, 11) is -7.39.